The fourth-order valence-corrected chi connectivity index (χ4v) is 3.18. The van der Waals surface area contributed by atoms with Gasteiger partial charge in [-0.1, -0.05) is 30.3 Å². The second-order valence-corrected chi connectivity index (χ2v) is 6.40. The first-order chi connectivity index (χ1) is 10.1. The van der Waals surface area contributed by atoms with Crippen molar-refractivity contribution in [2.75, 3.05) is 0 Å². The van der Waals surface area contributed by atoms with Crippen LogP contribution >= 0.6 is 0 Å². The number of amides is 1. The molecule has 3 nitrogen and oxygen atoms in total. The minimum absolute atomic E-state index is 0.193. The van der Waals surface area contributed by atoms with Crippen LogP contribution in [0.25, 0.3) is 0 Å². The zero-order valence-corrected chi connectivity index (χ0v) is 13.1. The quantitative estimate of drug-likeness (QED) is 0.843. The summed E-state index contributed by atoms with van der Waals surface area (Å²) in [5, 5.41) is 3.18. The van der Waals surface area contributed by atoms with Crippen LogP contribution in [0.4, 0.5) is 0 Å². The van der Waals surface area contributed by atoms with E-state index in [1.165, 1.54) is 18.4 Å². The lowest BCUT2D eigenvalue weighted by molar-refractivity contribution is -0.122. The second-order valence-electron chi connectivity index (χ2n) is 6.40. The molecule has 0 saturated heterocycles. The molecule has 1 unspecified atom stereocenters. The Labute approximate surface area is 128 Å². The third-order valence-corrected chi connectivity index (χ3v) is 4.43. The molecule has 3 heteroatoms. The third kappa shape index (κ3) is 5.50. The fraction of sp³-hybridized carbons (Fsp3) is 0.611. The maximum absolute atomic E-state index is 11.9. The number of carbonyl (C=O) groups excluding carboxylic acids is 1. The molecule has 0 heterocycles. The Morgan fingerprint density at radius 1 is 1.24 bits per heavy atom. The maximum atomic E-state index is 11.9. The van der Waals surface area contributed by atoms with Gasteiger partial charge in [0.05, 0.1) is 0 Å². The lowest BCUT2D eigenvalue weighted by atomic mass is 9.82. The summed E-state index contributed by atoms with van der Waals surface area (Å²) in [4.78, 5) is 11.9. The molecule has 0 spiro atoms. The predicted octanol–water partition coefficient (Wildman–Crippen LogP) is 3.35. The molecule has 1 saturated carbocycles. The van der Waals surface area contributed by atoms with E-state index in [1.807, 2.05) is 6.92 Å². The number of carbonyl (C=O) groups is 1. The number of nitrogens with two attached hydrogens (primary N) is 1. The van der Waals surface area contributed by atoms with Gasteiger partial charge in [-0.25, -0.2) is 0 Å². The summed E-state index contributed by atoms with van der Waals surface area (Å²) in [6, 6.07) is 11.3. The van der Waals surface area contributed by atoms with Crippen molar-refractivity contribution in [3.05, 3.63) is 35.9 Å². The van der Waals surface area contributed by atoms with E-state index in [-0.39, 0.29) is 11.9 Å². The maximum Gasteiger partial charge on any atom is 0.220 e. The molecular weight excluding hydrogens is 260 g/mol. The van der Waals surface area contributed by atoms with Crippen LogP contribution in [-0.2, 0) is 4.79 Å². The standard InChI is InChI=1S/C18H28N2O/c1-14(19)6-5-9-18(21)20-17-12-10-16(11-13-17)15-7-3-2-4-8-15/h2-4,7-8,14,16-17H,5-6,9-13,19H2,1H3,(H,20,21). The average molecular weight is 288 g/mol. The Morgan fingerprint density at radius 3 is 2.52 bits per heavy atom. The van der Waals surface area contributed by atoms with Crippen molar-refractivity contribution in [3.8, 4) is 0 Å². The Hall–Kier alpha value is -1.35. The highest BCUT2D eigenvalue weighted by Crippen LogP contribution is 2.32. The van der Waals surface area contributed by atoms with Gasteiger partial charge in [-0.3, -0.25) is 4.79 Å². The number of nitrogens with one attached hydrogen (secondary N) is 1. The van der Waals surface area contributed by atoms with E-state index in [0.29, 0.717) is 18.4 Å². The Morgan fingerprint density at radius 2 is 1.90 bits per heavy atom. The predicted molar refractivity (Wildman–Crippen MR) is 87.1 cm³/mol. The van der Waals surface area contributed by atoms with Crippen LogP contribution in [-0.4, -0.2) is 18.0 Å². The molecule has 1 aromatic rings. The van der Waals surface area contributed by atoms with Crippen LogP contribution in [0.2, 0.25) is 0 Å². The zero-order valence-electron chi connectivity index (χ0n) is 13.1. The molecule has 21 heavy (non-hydrogen) atoms. The van der Waals surface area contributed by atoms with Crippen molar-refractivity contribution >= 4 is 5.91 Å². The number of hydrogen-bond acceptors (Lipinski definition) is 2. The molecule has 1 amide bonds. The summed E-state index contributed by atoms with van der Waals surface area (Å²) in [5.41, 5.74) is 7.15. The highest BCUT2D eigenvalue weighted by atomic mass is 16.1. The van der Waals surface area contributed by atoms with Crippen LogP contribution in [0.15, 0.2) is 30.3 Å². The van der Waals surface area contributed by atoms with Crippen LogP contribution in [0.1, 0.15) is 63.4 Å². The molecule has 116 valence electrons. The van der Waals surface area contributed by atoms with Crippen LogP contribution < -0.4 is 11.1 Å². The normalized spacial score (nSPS) is 23.5. The minimum atomic E-state index is 0.193. The Kier molecular flexibility index (Phi) is 6.24. The molecule has 0 radical (unpaired) electrons. The average Bonchev–Trinajstić information content (AvgIpc) is 2.48. The molecule has 2 rings (SSSR count). The minimum Gasteiger partial charge on any atom is -0.353 e. The Bertz CT molecular complexity index is 422. The lowest BCUT2D eigenvalue weighted by Crippen LogP contribution is -2.37. The van der Waals surface area contributed by atoms with Crippen molar-refractivity contribution < 1.29 is 4.79 Å². The van der Waals surface area contributed by atoms with Gasteiger partial charge in [-0.15, -0.1) is 0 Å². The van der Waals surface area contributed by atoms with E-state index in [0.717, 1.165) is 25.7 Å². The highest BCUT2D eigenvalue weighted by molar-refractivity contribution is 5.76. The molecule has 0 aliphatic heterocycles. The van der Waals surface area contributed by atoms with E-state index in [9.17, 15) is 4.79 Å². The first-order valence-electron chi connectivity index (χ1n) is 8.25. The van der Waals surface area contributed by atoms with Gasteiger partial charge in [-0.05, 0) is 56.9 Å². The smallest absolute Gasteiger partial charge is 0.220 e. The second kappa shape index (κ2) is 8.18. The molecule has 1 aliphatic carbocycles. The number of benzene rings is 1. The van der Waals surface area contributed by atoms with Gasteiger partial charge < -0.3 is 11.1 Å². The fourth-order valence-electron chi connectivity index (χ4n) is 3.18. The van der Waals surface area contributed by atoms with Gasteiger partial charge >= 0.3 is 0 Å². The monoisotopic (exact) mass is 288 g/mol. The van der Waals surface area contributed by atoms with E-state index in [2.05, 4.69) is 35.6 Å². The summed E-state index contributed by atoms with van der Waals surface area (Å²) < 4.78 is 0. The molecule has 1 atom stereocenters. The van der Waals surface area contributed by atoms with Crippen molar-refractivity contribution in [2.45, 2.75) is 69.9 Å². The summed E-state index contributed by atoms with van der Waals surface area (Å²) in [7, 11) is 0. The summed E-state index contributed by atoms with van der Waals surface area (Å²) in [5.74, 6) is 0.858. The van der Waals surface area contributed by atoms with Crippen LogP contribution in [0.5, 0.6) is 0 Å². The molecule has 0 bridgehead atoms. The van der Waals surface area contributed by atoms with Gasteiger partial charge in [0.25, 0.3) is 0 Å². The molecule has 1 fully saturated rings. The number of rotatable bonds is 6. The number of hydrogen-bond donors (Lipinski definition) is 2. The van der Waals surface area contributed by atoms with Crippen molar-refractivity contribution in [3.63, 3.8) is 0 Å². The molecule has 1 aliphatic rings. The SMILES string of the molecule is CC(N)CCCC(=O)NC1CCC(c2ccccc2)CC1. The van der Waals surface area contributed by atoms with Crippen molar-refractivity contribution in [1.29, 1.82) is 0 Å². The third-order valence-electron chi connectivity index (χ3n) is 4.43. The van der Waals surface area contributed by atoms with Crippen molar-refractivity contribution in [2.24, 2.45) is 5.73 Å². The van der Waals surface area contributed by atoms with Crippen LogP contribution in [0.3, 0.4) is 0 Å². The van der Waals surface area contributed by atoms with Gasteiger partial charge in [0, 0.05) is 18.5 Å². The summed E-state index contributed by atoms with van der Waals surface area (Å²) in [6.45, 7) is 1.99. The topological polar surface area (TPSA) is 55.1 Å². The first kappa shape index (κ1) is 16.0. The molecule has 1 aromatic carbocycles. The Balaban J connectivity index is 1.68. The largest absolute Gasteiger partial charge is 0.353 e. The van der Waals surface area contributed by atoms with Gasteiger partial charge in [0.1, 0.15) is 0 Å². The lowest BCUT2D eigenvalue weighted by Gasteiger charge is -2.29. The highest BCUT2D eigenvalue weighted by Gasteiger charge is 2.23. The van der Waals surface area contributed by atoms with Gasteiger partial charge in [-0.2, -0.15) is 0 Å². The first-order valence-corrected chi connectivity index (χ1v) is 8.25. The van der Waals surface area contributed by atoms with E-state index >= 15 is 0 Å². The molecule has 3 N–H and O–H groups in total. The van der Waals surface area contributed by atoms with E-state index in [4.69, 9.17) is 5.73 Å². The molecule has 0 aromatic heterocycles. The summed E-state index contributed by atoms with van der Waals surface area (Å²) in [6.07, 6.45) is 6.97. The van der Waals surface area contributed by atoms with Crippen LogP contribution in [0, 0.1) is 0 Å². The van der Waals surface area contributed by atoms with Crippen molar-refractivity contribution in [1.82, 2.24) is 5.32 Å². The molecular formula is C18H28N2O. The van der Waals surface area contributed by atoms with Gasteiger partial charge in [0.2, 0.25) is 5.91 Å². The summed E-state index contributed by atoms with van der Waals surface area (Å²) >= 11 is 0. The van der Waals surface area contributed by atoms with E-state index < -0.39 is 0 Å². The zero-order chi connectivity index (χ0) is 15.1. The van der Waals surface area contributed by atoms with Gasteiger partial charge in [0.15, 0.2) is 0 Å². The van der Waals surface area contributed by atoms with E-state index in [1.54, 1.807) is 0 Å².